The van der Waals surface area contributed by atoms with Crippen LogP contribution in [-0.2, 0) is 4.79 Å². The predicted molar refractivity (Wildman–Crippen MR) is 109 cm³/mol. The maximum Gasteiger partial charge on any atom is 0.275 e. The minimum atomic E-state index is -0.380. The number of benzene rings is 2. The highest BCUT2D eigenvalue weighted by Crippen LogP contribution is 2.18. The lowest BCUT2D eigenvalue weighted by molar-refractivity contribution is -0.114. The van der Waals surface area contributed by atoms with E-state index in [1.54, 1.807) is 24.3 Å². The fourth-order valence-corrected chi connectivity index (χ4v) is 2.64. The summed E-state index contributed by atoms with van der Waals surface area (Å²) in [6.45, 7) is 3.45. The molecule has 0 aliphatic carbocycles. The van der Waals surface area contributed by atoms with Crippen LogP contribution in [0.15, 0.2) is 67.0 Å². The molecule has 0 radical (unpaired) electrons. The first-order valence-corrected chi connectivity index (χ1v) is 8.84. The van der Waals surface area contributed by atoms with E-state index in [4.69, 9.17) is 0 Å². The van der Waals surface area contributed by atoms with Gasteiger partial charge in [-0.3, -0.25) is 9.59 Å². The van der Waals surface area contributed by atoms with E-state index < -0.39 is 0 Å². The maximum atomic E-state index is 12.4. The molecule has 0 bridgehead atoms. The molecule has 3 aromatic rings. The summed E-state index contributed by atoms with van der Waals surface area (Å²) < 4.78 is 0. The van der Waals surface area contributed by atoms with Crippen LogP contribution in [-0.4, -0.2) is 21.8 Å². The number of aromatic nitrogens is 2. The topological polar surface area (TPSA) is 96.0 Å². The fourth-order valence-electron chi connectivity index (χ4n) is 2.64. The van der Waals surface area contributed by atoms with Gasteiger partial charge in [0.1, 0.15) is 11.5 Å². The van der Waals surface area contributed by atoms with Gasteiger partial charge in [-0.2, -0.15) is 0 Å². The van der Waals surface area contributed by atoms with Gasteiger partial charge in [-0.15, -0.1) is 0 Å². The zero-order chi connectivity index (χ0) is 19.9. The molecular formula is C21H21N5O2. The Morgan fingerprint density at radius 1 is 0.893 bits per heavy atom. The minimum Gasteiger partial charge on any atom is -0.362 e. The van der Waals surface area contributed by atoms with E-state index >= 15 is 0 Å². The number of rotatable bonds is 6. The van der Waals surface area contributed by atoms with Crippen molar-refractivity contribution in [2.45, 2.75) is 19.9 Å². The van der Waals surface area contributed by atoms with Crippen molar-refractivity contribution in [3.8, 4) is 0 Å². The zero-order valence-corrected chi connectivity index (χ0v) is 15.6. The summed E-state index contributed by atoms with van der Waals surface area (Å²) in [5.41, 5.74) is 2.48. The molecule has 3 N–H and O–H groups in total. The Labute approximate surface area is 163 Å². The molecule has 2 amide bonds. The van der Waals surface area contributed by atoms with Crippen LogP contribution >= 0.6 is 0 Å². The van der Waals surface area contributed by atoms with Gasteiger partial charge in [-0.1, -0.05) is 36.4 Å². The number of carbonyl (C=O) groups excluding carboxylic acids is 2. The van der Waals surface area contributed by atoms with Gasteiger partial charge in [-0.05, 0) is 30.7 Å². The highest BCUT2D eigenvalue weighted by Gasteiger charge is 2.11. The van der Waals surface area contributed by atoms with Crippen LogP contribution in [0.5, 0.6) is 0 Å². The second-order valence-electron chi connectivity index (χ2n) is 6.28. The molecular weight excluding hydrogens is 354 g/mol. The Morgan fingerprint density at radius 3 is 2.25 bits per heavy atom. The van der Waals surface area contributed by atoms with E-state index in [1.165, 1.54) is 19.3 Å². The van der Waals surface area contributed by atoms with Crippen LogP contribution in [0.1, 0.15) is 35.9 Å². The number of hydrogen-bond acceptors (Lipinski definition) is 5. The molecule has 0 aliphatic heterocycles. The number of nitrogens with zero attached hydrogens (tertiary/aromatic N) is 2. The third kappa shape index (κ3) is 5.14. The highest BCUT2D eigenvalue weighted by atomic mass is 16.2. The van der Waals surface area contributed by atoms with Gasteiger partial charge < -0.3 is 16.0 Å². The van der Waals surface area contributed by atoms with Gasteiger partial charge in [-0.25, -0.2) is 9.97 Å². The van der Waals surface area contributed by atoms with Crippen molar-refractivity contribution in [2.24, 2.45) is 0 Å². The number of carbonyl (C=O) groups is 2. The minimum absolute atomic E-state index is 0.0618. The standard InChI is InChI=1S/C21H21N5O2/c1-14(16-7-4-3-5-8-16)24-20-13-22-19(12-23-20)21(28)26-18-10-6-9-17(11-18)25-15(2)27/h3-14H,1-2H3,(H,23,24)(H,25,27)(H,26,28). The second-order valence-corrected chi connectivity index (χ2v) is 6.28. The third-order valence-corrected chi connectivity index (χ3v) is 3.99. The number of amides is 2. The first-order chi connectivity index (χ1) is 13.5. The molecule has 3 rings (SSSR count). The summed E-state index contributed by atoms with van der Waals surface area (Å²) in [5.74, 6) is 0.0258. The van der Waals surface area contributed by atoms with Crippen molar-refractivity contribution in [3.05, 3.63) is 78.2 Å². The summed E-state index contributed by atoms with van der Waals surface area (Å²) in [6, 6.07) is 16.9. The van der Waals surface area contributed by atoms with Gasteiger partial charge in [0.15, 0.2) is 0 Å². The second kappa shape index (κ2) is 8.77. The average Bonchev–Trinajstić information content (AvgIpc) is 2.69. The normalized spacial score (nSPS) is 11.4. The molecule has 1 heterocycles. The van der Waals surface area contributed by atoms with Crippen LogP contribution in [0.4, 0.5) is 17.2 Å². The molecule has 0 saturated heterocycles. The molecule has 1 unspecified atom stereocenters. The molecule has 2 aromatic carbocycles. The van der Waals surface area contributed by atoms with Crippen molar-refractivity contribution in [1.29, 1.82) is 0 Å². The quantitative estimate of drug-likeness (QED) is 0.608. The van der Waals surface area contributed by atoms with Gasteiger partial charge in [0.2, 0.25) is 5.91 Å². The summed E-state index contributed by atoms with van der Waals surface area (Å²) in [6.07, 6.45) is 2.95. The highest BCUT2D eigenvalue weighted by molar-refractivity contribution is 6.03. The lowest BCUT2D eigenvalue weighted by Gasteiger charge is -2.14. The third-order valence-electron chi connectivity index (χ3n) is 3.99. The van der Waals surface area contributed by atoms with Crippen molar-refractivity contribution in [2.75, 3.05) is 16.0 Å². The van der Waals surface area contributed by atoms with E-state index in [9.17, 15) is 9.59 Å². The van der Waals surface area contributed by atoms with Gasteiger partial charge in [0.05, 0.1) is 12.4 Å². The number of nitrogens with one attached hydrogen (secondary N) is 3. The first-order valence-electron chi connectivity index (χ1n) is 8.84. The monoisotopic (exact) mass is 375 g/mol. The van der Waals surface area contributed by atoms with Crippen LogP contribution in [0, 0.1) is 0 Å². The fraction of sp³-hybridized carbons (Fsp3) is 0.143. The molecule has 28 heavy (non-hydrogen) atoms. The maximum absolute atomic E-state index is 12.4. The molecule has 7 heteroatoms. The Balaban J connectivity index is 1.63. The van der Waals surface area contributed by atoms with Crippen molar-refractivity contribution in [1.82, 2.24) is 9.97 Å². The van der Waals surface area contributed by atoms with Gasteiger partial charge >= 0.3 is 0 Å². The van der Waals surface area contributed by atoms with Crippen LogP contribution in [0.3, 0.4) is 0 Å². The molecule has 7 nitrogen and oxygen atoms in total. The Hall–Kier alpha value is -3.74. The summed E-state index contributed by atoms with van der Waals surface area (Å²) in [5, 5.41) is 8.67. The smallest absolute Gasteiger partial charge is 0.275 e. The van der Waals surface area contributed by atoms with Gasteiger partial charge in [0.25, 0.3) is 5.91 Å². The molecule has 0 aliphatic rings. The summed E-state index contributed by atoms with van der Waals surface area (Å²) >= 11 is 0. The molecule has 1 atom stereocenters. The van der Waals surface area contributed by atoms with E-state index in [0.717, 1.165) is 5.56 Å². The predicted octanol–water partition coefficient (Wildman–Crippen LogP) is 3.86. The summed E-state index contributed by atoms with van der Waals surface area (Å²) in [7, 11) is 0. The van der Waals surface area contributed by atoms with Crippen LogP contribution < -0.4 is 16.0 Å². The lowest BCUT2D eigenvalue weighted by Crippen LogP contribution is -2.15. The Kier molecular flexibility index (Phi) is 5.96. The van der Waals surface area contributed by atoms with Gasteiger partial charge in [0, 0.05) is 24.3 Å². The average molecular weight is 375 g/mol. The summed E-state index contributed by atoms with van der Waals surface area (Å²) in [4.78, 5) is 32.0. The van der Waals surface area contributed by atoms with Crippen molar-refractivity contribution < 1.29 is 9.59 Å². The largest absolute Gasteiger partial charge is 0.362 e. The van der Waals surface area contributed by atoms with E-state index in [0.29, 0.717) is 17.2 Å². The first kappa shape index (κ1) is 19.0. The van der Waals surface area contributed by atoms with Crippen LogP contribution in [0.25, 0.3) is 0 Å². The molecule has 1 aromatic heterocycles. The van der Waals surface area contributed by atoms with E-state index in [-0.39, 0.29) is 23.6 Å². The van der Waals surface area contributed by atoms with Crippen LogP contribution in [0.2, 0.25) is 0 Å². The van der Waals surface area contributed by atoms with Crippen molar-refractivity contribution in [3.63, 3.8) is 0 Å². The number of anilines is 3. The molecule has 0 saturated carbocycles. The molecule has 0 spiro atoms. The SMILES string of the molecule is CC(=O)Nc1cccc(NC(=O)c2cnc(NC(C)c3ccccc3)cn2)c1. The molecule has 142 valence electrons. The lowest BCUT2D eigenvalue weighted by atomic mass is 10.1. The zero-order valence-electron chi connectivity index (χ0n) is 15.6. The Bertz CT molecular complexity index is 958. The molecule has 0 fully saturated rings. The number of hydrogen-bond donors (Lipinski definition) is 3. The van der Waals surface area contributed by atoms with Crippen molar-refractivity contribution >= 4 is 29.0 Å². The van der Waals surface area contributed by atoms with E-state index in [1.807, 2.05) is 37.3 Å². The van der Waals surface area contributed by atoms with E-state index in [2.05, 4.69) is 25.9 Å². The Morgan fingerprint density at radius 2 is 1.61 bits per heavy atom.